The van der Waals surface area contributed by atoms with Crippen LogP contribution in [0.3, 0.4) is 0 Å². The van der Waals surface area contributed by atoms with Gasteiger partial charge in [0.1, 0.15) is 0 Å². The van der Waals surface area contributed by atoms with Crippen molar-refractivity contribution < 1.29 is 19.7 Å². The molecule has 0 heterocycles. The van der Waals surface area contributed by atoms with Crippen LogP contribution in [0.1, 0.15) is 11.5 Å². The molecule has 16 heavy (non-hydrogen) atoms. The minimum atomic E-state index is -1.09. The second kappa shape index (κ2) is 5.05. The van der Waals surface area contributed by atoms with Crippen molar-refractivity contribution >= 4 is 17.6 Å². The van der Waals surface area contributed by atoms with Crippen LogP contribution in [0.4, 0.5) is 0 Å². The summed E-state index contributed by atoms with van der Waals surface area (Å²) in [6.07, 6.45) is 0. The molecule has 4 N–H and O–H groups in total. The molecule has 6 heteroatoms. The number of carboxylic acid groups (broad SMARTS) is 1. The van der Waals surface area contributed by atoms with E-state index in [4.69, 9.17) is 27.2 Å². The Bertz CT molecular complexity index is 408. The number of phenolic OH excluding ortho intramolecular Hbond substituents is 1. The molecule has 0 spiro atoms. The minimum absolute atomic E-state index is 0.0964. The number of methoxy groups -OCH3 is 1. The Balaban J connectivity index is 3.24. The van der Waals surface area contributed by atoms with E-state index in [-0.39, 0.29) is 28.6 Å². The molecule has 1 unspecified atom stereocenters. The van der Waals surface area contributed by atoms with Crippen LogP contribution in [-0.4, -0.2) is 29.8 Å². The molecular weight excluding hydrogens is 234 g/mol. The predicted molar refractivity (Wildman–Crippen MR) is 59.1 cm³/mol. The Hall–Kier alpha value is -1.46. The summed E-state index contributed by atoms with van der Waals surface area (Å²) < 4.78 is 4.84. The highest BCUT2D eigenvalue weighted by Crippen LogP contribution is 2.35. The van der Waals surface area contributed by atoms with Gasteiger partial charge in [-0.2, -0.15) is 0 Å². The molecule has 1 rings (SSSR count). The third-order valence-electron chi connectivity index (χ3n) is 2.21. The van der Waals surface area contributed by atoms with Gasteiger partial charge in [-0.1, -0.05) is 11.6 Å². The van der Waals surface area contributed by atoms with Crippen LogP contribution in [0, 0.1) is 0 Å². The average molecular weight is 246 g/mol. The van der Waals surface area contributed by atoms with Gasteiger partial charge >= 0.3 is 5.97 Å². The van der Waals surface area contributed by atoms with Crippen molar-refractivity contribution in [3.05, 3.63) is 22.7 Å². The van der Waals surface area contributed by atoms with Gasteiger partial charge in [0.2, 0.25) is 0 Å². The number of carbonyl (C=O) groups is 1. The minimum Gasteiger partial charge on any atom is -0.504 e. The van der Waals surface area contributed by atoms with Gasteiger partial charge in [0, 0.05) is 17.6 Å². The van der Waals surface area contributed by atoms with Gasteiger partial charge in [-0.25, -0.2) is 0 Å². The quantitative estimate of drug-likeness (QED) is 0.741. The maximum Gasteiger partial charge on any atom is 0.312 e. The van der Waals surface area contributed by atoms with Crippen LogP contribution in [0.25, 0.3) is 0 Å². The number of halogens is 1. The first kappa shape index (κ1) is 12.6. The summed E-state index contributed by atoms with van der Waals surface area (Å²) in [5.74, 6) is -2.00. The molecule has 0 aliphatic rings. The first-order valence-electron chi connectivity index (χ1n) is 4.50. The molecule has 1 aromatic rings. The molecule has 88 valence electrons. The third kappa shape index (κ3) is 2.37. The summed E-state index contributed by atoms with van der Waals surface area (Å²) in [5.41, 5.74) is 5.62. The monoisotopic (exact) mass is 245 g/mol. The number of phenols is 1. The van der Waals surface area contributed by atoms with E-state index in [1.165, 1.54) is 19.2 Å². The Morgan fingerprint density at radius 2 is 2.25 bits per heavy atom. The fourth-order valence-electron chi connectivity index (χ4n) is 1.35. The number of aliphatic carboxylic acids is 1. The first-order valence-corrected chi connectivity index (χ1v) is 4.88. The molecule has 1 atom stereocenters. The van der Waals surface area contributed by atoms with Crippen LogP contribution in [0.2, 0.25) is 5.02 Å². The molecule has 0 radical (unpaired) electrons. The largest absolute Gasteiger partial charge is 0.504 e. The third-order valence-corrected chi connectivity index (χ3v) is 2.53. The van der Waals surface area contributed by atoms with E-state index < -0.39 is 11.9 Å². The van der Waals surface area contributed by atoms with Gasteiger partial charge < -0.3 is 20.7 Å². The highest BCUT2D eigenvalue weighted by molar-refractivity contribution is 6.31. The lowest BCUT2D eigenvalue weighted by molar-refractivity contribution is -0.138. The van der Waals surface area contributed by atoms with Crippen LogP contribution in [-0.2, 0) is 4.79 Å². The second-order valence-electron chi connectivity index (χ2n) is 3.17. The normalized spacial score (nSPS) is 12.2. The summed E-state index contributed by atoms with van der Waals surface area (Å²) in [6.45, 7) is -0.0964. The molecular formula is C10H12ClNO4. The Morgan fingerprint density at radius 3 is 2.69 bits per heavy atom. The molecule has 0 bridgehead atoms. The van der Waals surface area contributed by atoms with E-state index in [1.807, 2.05) is 0 Å². The lowest BCUT2D eigenvalue weighted by Crippen LogP contribution is -2.21. The number of hydrogen-bond donors (Lipinski definition) is 3. The number of carboxylic acids is 1. The molecule has 0 saturated heterocycles. The summed E-state index contributed by atoms with van der Waals surface area (Å²) >= 11 is 5.89. The van der Waals surface area contributed by atoms with Crippen molar-refractivity contribution in [3.8, 4) is 11.5 Å². The molecule has 0 fully saturated rings. The SMILES string of the molecule is COc1cc(Cl)c(C(CN)C(=O)O)cc1O. The maximum absolute atomic E-state index is 10.9. The zero-order valence-corrected chi connectivity index (χ0v) is 9.36. The van der Waals surface area contributed by atoms with Crippen molar-refractivity contribution in [2.75, 3.05) is 13.7 Å². The van der Waals surface area contributed by atoms with E-state index in [2.05, 4.69) is 0 Å². The maximum atomic E-state index is 10.9. The van der Waals surface area contributed by atoms with E-state index in [9.17, 15) is 9.90 Å². The summed E-state index contributed by atoms with van der Waals surface area (Å²) in [6, 6.07) is 2.62. The number of ether oxygens (including phenoxy) is 1. The van der Waals surface area contributed by atoms with Gasteiger partial charge in [0.15, 0.2) is 11.5 Å². The molecule has 0 aromatic heterocycles. The molecule has 0 aliphatic heterocycles. The lowest BCUT2D eigenvalue weighted by Gasteiger charge is -2.14. The summed E-state index contributed by atoms with van der Waals surface area (Å²) in [7, 11) is 1.38. The Labute approximate surface area is 97.4 Å². The first-order chi connectivity index (χ1) is 7.51. The van der Waals surface area contributed by atoms with E-state index >= 15 is 0 Å². The van der Waals surface area contributed by atoms with Gasteiger partial charge in [0.25, 0.3) is 0 Å². The summed E-state index contributed by atoms with van der Waals surface area (Å²) in [5, 5.41) is 18.6. The summed E-state index contributed by atoms with van der Waals surface area (Å²) in [4.78, 5) is 10.9. The highest BCUT2D eigenvalue weighted by atomic mass is 35.5. The molecule has 0 amide bonds. The molecule has 0 saturated carbocycles. The van der Waals surface area contributed by atoms with E-state index in [0.29, 0.717) is 0 Å². The van der Waals surface area contributed by atoms with Crippen molar-refractivity contribution in [2.24, 2.45) is 5.73 Å². The molecule has 0 aliphatic carbocycles. The number of nitrogens with two attached hydrogens (primary N) is 1. The molecule has 1 aromatic carbocycles. The smallest absolute Gasteiger partial charge is 0.312 e. The van der Waals surface area contributed by atoms with Crippen LogP contribution in [0.5, 0.6) is 11.5 Å². The number of aromatic hydroxyl groups is 1. The van der Waals surface area contributed by atoms with E-state index in [1.54, 1.807) is 0 Å². The highest BCUT2D eigenvalue weighted by Gasteiger charge is 2.22. The van der Waals surface area contributed by atoms with Crippen LogP contribution >= 0.6 is 11.6 Å². The van der Waals surface area contributed by atoms with Gasteiger partial charge in [-0.3, -0.25) is 4.79 Å². The Morgan fingerprint density at radius 1 is 1.62 bits per heavy atom. The van der Waals surface area contributed by atoms with Gasteiger partial charge in [-0.15, -0.1) is 0 Å². The molecule has 5 nitrogen and oxygen atoms in total. The zero-order valence-electron chi connectivity index (χ0n) is 8.61. The van der Waals surface area contributed by atoms with Gasteiger partial charge in [-0.05, 0) is 11.6 Å². The van der Waals surface area contributed by atoms with E-state index in [0.717, 1.165) is 0 Å². The van der Waals surface area contributed by atoms with Crippen molar-refractivity contribution in [1.29, 1.82) is 0 Å². The zero-order chi connectivity index (χ0) is 12.3. The lowest BCUT2D eigenvalue weighted by atomic mass is 9.99. The topological polar surface area (TPSA) is 92.8 Å². The number of rotatable bonds is 4. The fraction of sp³-hybridized carbons (Fsp3) is 0.300. The van der Waals surface area contributed by atoms with Crippen molar-refractivity contribution in [1.82, 2.24) is 0 Å². The average Bonchev–Trinajstić information content (AvgIpc) is 2.23. The predicted octanol–water partition coefficient (Wildman–Crippen LogP) is 1.18. The van der Waals surface area contributed by atoms with Crippen LogP contribution < -0.4 is 10.5 Å². The number of hydrogen-bond acceptors (Lipinski definition) is 4. The Kier molecular flexibility index (Phi) is 3.98. The van der Waals surface area contributed by atoms with Crippen molar-refractivity contribution in [3.63, 3.8) is 0 Å². The standard InChI is InChI=1S/C10H12ClNO4/c1-16-9-3-7(11)5(2-8(9)13)6(4-12)10(14)15/h2-3,6,13H,4,12H2,1H3,(H,14,15). The second-order valence-corrected chi connectivity index (χ2v) is 3.58. The van der Waals surface area contributed by atoms with Gasteiger partial charge in [0.05, 0.1) is 13.0 Å². The number of benzene rings is 1. The van der Waals surface area contributed by atoms with Crippen LogP contribution in [0.15, 0.2) is 12.1 Å². The fourth-order valence-corrected chi connectivity index (χ4v) is 1.64. The van der Waals surface area contributed by atoms with Crippen molar-refractivity contribution in [2.45, 2.75) is 5.92 Å².